The molecule has 0 radical (unpaired) electrons. The number of likely N-dealkylation sites (N-methyl/N-ethyl adjacent to an activating group) is 1. The van der Waals surface area contributed by atoms with Gasteiger partial charge in [-0.05, 0) is 23.8 Å². The molecule has 7 nitrogen and oxygen atoms in total. The van der Waals surface area contributed by atoms with Crippen LogP contribution in [0.5, 0.6) is 5.75 Å². The van der Waals surface area contributed by atoms with Gasteiger partial charge in [0.05, 0.1) is 12.0 Å². The summed E-state index contributed by atoms with van der Waals surface area (Å²) in [5.41, 5.74) is 3.08. The Balaban J connectivity index is 1.90. The van der Waals surface area contributed by atoms with Gasteiger partial charge < -0.3 is 9.84 Å². The summed E-state index contributed by atoms with van der Waals surface area (Å²) < 4.78 is 4.97. The van der Waals surface area contributed by atoms with Gasteiger partial charge >= 0.3 is 12.1 Å². The van der Waals surface area contributed by atoms with Crippen molar-refractivity contribution in [3.63, 3.8) is 0 Å². The summed E-state index contributed by atoms with van der Waals surface area (Å²) in [5, 5.41) is 9.92. The van der Waals surface area contributed by atoms with Crippen molar-refractivity contribution < 1.29 is 24.2 Å². The molecule has 0 bridgehead atoms. The molecule has 2 aromatic rings. The number of hydrogen-bond acceptors (Lipinski definition) is 4. The van der Waals surface area contributed by atoms with E-state index in [-0.39, 0.29) is 23.6 Å². The number of hydrogen-bond donors (Lipinski definition) is 2. The first-order valence-electron chi connectivity index (χ1n) is 7.08. The average Bonchev–Trinajstić information content (AvgIpc) is 2.55. The van der Waals surface area contributed by atoms with Gasteiger partial charge in [-0.15, -0.1) is 0 Å². The lowest BCUT2D eigenvalue weighted by Crippen LogP contribution is -2.45. The summed E-state index contributed by atoms with van der Waals surface area (Å²) >= 11 is 0. The minimum absolute atomic E-state index is 0.00573. The van der Waals surface area contributed by atoms with E-state index in [2.05, 4.69) is 5.43 Å². The number of aromatic carboxylic acids is 1. The van der Waals surface area contributed by atoms with Crippen molar-refractivity contribution in [3.05, 3.63) is 65.7 Å². The maximum absolute atomic E-state index is 12.0. The Hall–Kier alpha value is -3.35. The van der Waals surface area contributed by atoms with Crippen LogP contribution in [0.4, 0.5) is 4.79 Å². The van der Waals surface area contributed by atoms with Crippen LogP contribution < -0.4 is 10.2 Å². The zero-order valence-electron chi connectivity index (χ0n) is 12.9. The molecule has 0 aliphatic rings. The van der Waals surface area contributed by atoms with Gasteiger partial charge in [0, 0.05) is 7.05 Å². The van der Waals surface area contributed by atoms with Gasteiger partial charge in [0.1, 0.15) is 5.75 Å². The molecule has 7 heteroatoms. The Morgan fingerprint density at radius 2 is 1.79 bits per heavy atom. The predicted molar refractivity (Wildman–Crippen MR) is 85.5 cm³/mol. The van der Waals surface area contributed by atoms with Crippen LogP contribution >= 0.6 is 0 Å². The second-order valence-corrected chi connectivity index (χ2v) is 4.95. The smallest absolute Gasteiger partial charge is 0.431 e. The van der Waals surface area contributed by atoms with Crippen LogP contribution in [0.3, 0.4) is 0 Å². The summed E-state index contributed by atoms with van der Waals surface area (Å²) in [6.45, 7) is 0. The highest BCUT2D eigenvalue weighted by atomic mass is 16.6. The molecule has 0 aliphatic heterocycles. The molecule has 0 aliphatic carbocycles. The van der Waals surface area contributed by atoms with Crippen molar-refractivity contribution in [1.82, 2.24) is 10.4 Å². The first-order valence-corrected chi connectivity index (χ1v) is 7.08. The van der Waals surface area contributed by atoms with E-state index in [9.17, 15) is 14.4 Å². The van der Waals surface area contributed by atoms with Gasteiger partial charge in [-0.2, -0.15) is 0 Å². The number of nitrogens with one attached hydrogen (secondary N) is 1. The summed E-state index contributed by atoms with van der Waals surface area (Å²) in [7, 11) is 1.40. The van der Waals surface area contributed by atoms with Gasteiger partial charge in [-0.25, -0.2) is 15.0 Å². The molecular formula is C17H16N2O5. The van der Waals surface area contributed by atoms with Crippen molar-refractivity contribution in [2.75, 3.05) is 7.05 Å². The van der Waals surface area contributed by atoms with E-state index < -0.39 is 12.1 Å². The fourth-order valence-electron chi connectivity index (χ4n) is 1.91. The number of carbonyl (C=O) groups excluding carboxylic acids is 2. The summed E-state index contributed by atoms with van der Waals surface area (Å²) in [4.78, 5) is 34.7. The first kappa shape index (κ1) is 17.0. The average molecular weight is 328 g/mol. The summed E-state index contributed by atoms with van der Waals surface area (Å²) in [6, 6.07) is 14.6. The second-order valence-electron chi connectivity index (χ2n) is 4.95. The van der Waals surface area contributed by atoms with Crippen LogP contribution in [0, 0.1) is 0 Å². The molecule has 0 fully saturated rings. The van der Waals surface area contributed by atoms with Crippen LogP contribution in [0.15, 0.2) is 54.6 Å². The third kappa shape index (κ3) is 4.84. The fourth-order valence-corrected chi connectivity index (χ4v) is 1.91. The molecule has 0 aromatic heterocycles. The minimum atomic E-state index is -1.13. The molecule has 0 saturated carbocycles. The molecular weight excluding hydrogens is 312 g/mol. The van der Waals surface area contributed by atoms with Crippen molar-refractivity contribution in [2.45, 2.75) is 6.42 Å². The predicted octanol–water partition coefficient (Wildman–Crippen LogP) is 2.09. The van der Waals surface area contributed by atoms with E-state index in [0.717, 1.165) is 10.6 Å². The molecule has 2 rings (SSSR count). The third-order valence-electron chi connectivity index (χ3n) is 3.12. The van der Waals surface area contributed by atoms with Gasteiger partial charge in [0.15, 0.2) is 0 Å². The Morgan fingerprint density at radius 3 is 2.46 bits per heavy atom. The zero-order valence-corrected chi connectivity index (χ0v) is 12.9. The summed E-state index contributed by atoms with van der Waals surface area (Å²) in [6.07, 6.45) is -0.756. The topological polar surface area (TPSA) is 95.9 Å². The second kappa shape index (κ2) is 7.77. The third-order valence-corrected chi connectivity index (χ3v) is 3.12. The normalized spacial score (nSPS) is 9.88. The molecule has 2 N–H and O–H groups in total. The highest BCUT2D eigenvalue weighted by Gasteiger charge is 2.14. The lowest BCUT2D eigenvalue weighted by atomic mass is 10.1. The highest BCUT2D eigenvalue weighted by Crippen LogP contribution is 2.13. The molecule has 0 atom stereocenters. The Labute approximate surface area is 138 Å². The largest absolute Gasteiger partial charge is 0.478 e. The highest BCUT2D eigenvalue weighted by molar-refractivity contribution is 5.88. The molecule has 0 spiro atoms. The number of hydrazine groups is 1. The van der Waals surface area contributed by atoms with Crippen molar-refractivity contribution in [1.29, 1.82) is 0 Å². The number of ether oxygens (including phenoxy) is 1. The summed E-state index contributed by atoms with van der Waals surface area (Å²) in [5.74, 6) is -1.38. The van der Waals surface area contributed by atoms with E-state index in [0.29, 0.717) is 0 Å². The van der Waals surface area contributed by atoms with E-state index >= 15 is 0 Å². The van der Waals surface area contributed by atoms with E-state index in [1.54, 1.807) is 0 Å². The van der Waals surface area contributed by atoms with Crippen LogP contribution in [0.1, 0.15) is 15.9 Å². The van der Waals surface area contributed by atoms with E-state index in [4.69, 9.17) is 9.84 Å². The van der Waals surface area contributed by atoms with Crippen molar-refractivity contribution in [2.24, 2.45) is 0 Å². The number of carboxylic acid groups (broad SMARTS) is 1. The number of amides is 2. The standard InChI is InChI=1S/C17H16N2O5/c1-19(15(20)10-12-6-3-2-4-7-12)18-17(23)24-14-9-5-8-13(11-14)16(21)22/h2-9,11H,10H2,1H3,(H,18,23)(H,21,22). The van der Waals surface area contributed by atoms with Gasteiger partial charge in [0.25, 0.3) is 0 Å². The van der Waals surface area contributed by atoms with E-state index in [1.807, 2.05) is 30.3 Å². The monoisotopic (exact) mass is 328 g/mol. The van der Waals surface area contributed by atoms with Gasteiger partial charge in [-0.1, -0.05) is 36.4 Å². The minimum Gasteiger partial charge on any atom is -0.478 e. The number of carbonyl (C=O) groups is 3. The SMILES string of the molecule is CN(NC(=O)Oc1cccc(C(=O)O)c1)C(=O)Cc1ccccc1. The number of rotatable bonds is 4. The molecule has 0 heterocycles. The van der Waals surface area contributed by atoms with Crippen LogP contribution in [-0.2, 0) is 11.2 Å². The van der Waals surface area contributed by atoms with Gasteiger partial charge in [0.2, 0.25) is 5.91 Å². The molecule has 24 heavy (non-hydrogen) atoms. The molecule has 2 amide bonds. The zero-order chi connectivity index (χ0) is 17.5. The van der Waals surface area contributed by atoms with Gasteiger partial charge in [-0.3, -0.25) is 9.80 Å². The van der Waals surface area contributed by atoms with Crippen LogP contribution in [0.25, 0.3) is 0 Å². The van der Waals surface area contributed by atoms with Crippen molar-refractivity contribution in [3.8, 4) is 5.75 Å². The Morgan fingerprint density at radius 1 is 1.08 bits per heavy atom. The maximum Gasteiger partial charge on any atom is 0.431 e. The molecule has 2 aromatic carbocycles. The number of benzene rings is 2. The fraction of sp³-hybridized carbons (Fsp3) is 0.118. The van der Waals surface area contributed by atoms with Crippen LogP contribution in [0.2, 0.25) is 0 Å². The van der Waals surface area contributed by atoms with E-state index in [1.165, 1.54) is 31.3 Å². The number of carboxylic acids is 1. The first-order chi connectivity index (χ1) is 11.5. The lowest BCUT2D eigenvalue weighted by molar-refractivity contribution is -0.131. The molecule has 0 unspecified atom stereocenters. The quantitative estimate of drug-likeness (QED) is 0.838. The molecule has 0 saturated heterocycles. The number of nitrogens with zero attached hydrogens (tertiary/aromatic N) is 1. The van der Waals surface area contributed by atoms with Crippen LogP contribution in [-0.4, -0.2) is 35.1 Å². The van der Waals surface area contributed by atoms with Crippen molar-refractivity contribution >= 4 is 18.0 Å². The Bertz CT molecular complexity index is 746. The maximum atomic E-state index is 12.0. The lowest BCUT2D eigenvalue weighted by Gasteiger charge is -2.18. The molecule has 124 valence electrons. The Kier molecular flexibility index (Phi) is 5.51.